The molecule has 0 spiro atoms. The predicted molar refractivity (Wildman–Crippen MR) is 146 cm³/mol. The molecule has 9 heteroatoms. The highest BCUT2D eigenvalue weighted by atomic mass is 35.5. The van der Waals surface area contributed by atoms with E-state index < -0.39 is 5.97 Å². The van der Waals surface area contributed by atoms with Crippen LogP contribution in [0.1, 0.15) is 47.7 Å². The fraction of sp³-hybridized carbons (Fsp3) is 0.179. The summed E-state index contributed by atoms with van der Waals surface area (Å²) in [5.74, 6) is 0.808. The van der Waals surface area contributed by atoms with Gasteiger partial charge in [0.15, 0.2) is 5.11 Å². The molecule has 0 bridgehead atoms. The summed E-state index contributed by atoms with van der Waals surface area (Å²) in [6.07, 6.45) is 1.80. The first-order valence-electron chi connectivity index (χ1n) is 11.7. The molecule has 2 aromatic carbocycles. The number of nitrogens with one attached hydrogen (secondary N) is 1. The summed E-state index contributed by atoms with van der Waals surface area (Å²) in [5.41, 5.74) is 2.29. The maximum absolute atomic E-state index is 11.5. The van der Waals surface area contributed by atoms with Crippen molar-refractivity contribution in [2.24, 2.45) is 0 Å². The summed E-state index contributed by atoms with van der Waals surface area (Å²) in [7, 11) is 0. The number of benzene rings is 2. The molecular weight excluding hydrogens is 510 g/mol. The van der Waals surface area contributed by atoms with Crippen molar-refractivity contribution in [1.82, 2.24) is 10.3 Å². The first kappa shape index (κ1) is 24.8. The van der Waals surface area contributed by atoms with E-state index in [-0.39, 0.29) is 23.8 Å². The van der Waals surface area contributed by atoms with Gasteiger partial charge >= 0.3 is 5.97 Å². The van der Waals surface area contributed by atoms with E-state index in [0.29, 0.717) is 27.2 Å². The van der Waals surface area contributed by atoms with Crippen LogP contribution in [0.25, 0.3) is 11.3 Å². The molecule has 1 saturated heterocycles. The zero-order chi connectivity index (χ0) is 26.1. The highest BCUT2D eigenvalue weighted by Crippen LogP contribution is 2.43. The number of thiocarbonyl (C=S) groups is 1. The first-order chi connectivity index (χ1) is 17.8. The van der Waals surface area contributed by atoms with Crippen molar-refractivity contribution in [1.29, 1.82) is 0 Å². The lowest BCUT2D eigenvalue weighted by Gasteiger charge is -2.26. The second-order valence-electron chi connectivity index (χ2n) is 8.86. The molecule has 0 saturated carbocycles. The molecule has 1 aliphatic heterocycles. The lowest BCUT2D eigenvalue weighted by molar-refractivity contribution is 0.0697. The van der Waals surface area contributed by atoms with E-state index in [1.807, 2.05) is 67.3 Å². The molecule has 188 valence electrons. The number of aromatic nitrogens is 1. The topological polar surface area (TPSA) is 87.8 Å². The Hall–Kier alpha value is -3.88. The minimum absolute atomic E-state index is 0.0645. The number of rotatable bonds is 7. The maximum atomic E-state index is 11.5. The molecule has 0 radical (unpaired) electrons. The fourth-order valence-electron chi connectivity index (χ4n) is 4.38. The normalized spacial score (nSPS) is 17.2. The number of ether oxygens (including phenoxy) is 1. The monoisotopic (exact) mass is 533 g/mol. The van der Waals surface area contributed by atoms with Gasteiger partial charge in [-0.1, -0.05) is 17.7 Å². The molecule has 4 aromatic rings. The van der Waals surface area contributed by atoms with Gasteiger partial charge in [-0.25, -0.2) is 4.79 Å². The Morgan fingerprint density at radius 1 is 1.14 bits per heavy atom. The molecular formula is C28H24ClN3O4S. The highest BCUT2D eigenvalue weighted by Gasteiger charge is 2.42. The number of hydrogen-bond acceptors (Lipinski definition) is 5. The number of carboxylic acid groups (broad SMARTS) is 1. The summed E-state index contributed by atoms with van der Waals surface area (Å²) in [6.45, 7) is 3.96. The predicted octanol–water partition coefficient (Wildman–Crippen LogP) is 6.66. The third kappa shape index (κ3) is 5.03. The van der Waals surface area contributed by atoms with Crippen molar-refractivity contribution in [2.75, 3.05) is 4.90 Å². The summed E-state index contributed by atoms with van der Waals surface area (Å²) < 4.78 is 12.1. The number of anilines is 1. The zero-order valence-corrected chi connectivity index (χ0v) is 21.7. The van der Waals surface area contributed by atoms with Crippen LogP contribution in [0.5, 0.6) is 5.75 Å². The van der Waals surface area contributed by atoms with E-state index in [9.17, 15) is 9.90 Å². The number of nitrogens with zero attached hydrogens (tertiary/aromatic N) is 2. The summed E-state index contributed by atoms with van der Waals surface area (Å²) in [6, 6.07) is 21.0. The van der Waals surface area contributed by atoms with Crippen LogP contribution >= 0.6 is 23.8 Å². The lowest BCUT2D eigenvalue weighted by atomic mass is 10.0. The van der Waals surface area contributed by atoms with Gasteiger partial charge < -0.3 is 24.5 Å². The molecule has 2 N–H and O–H groups in total. The molecule has 0 aliphatic carbocycles. The van der Waals surface area contributed by atoms with Crippen LogP contribution in [-0.4, -0.2) is 27.3 Å². The Bertz CT molecular complexity index is 1440. The number of halogens is 1. The van der Waals surface area contributed by atoms with Gasteiger partial charge in [-0.2, -0.15) is 0 Å². The van der Waals surface area contributed by atoms with Gasteiger partial charge in [0, 0.05) is 17.4 Å². The van der Waals surface area contributed by atoms with Crippen molar-refractivity contribution >= 4 is 40.6 Å². The Balaban J connectivity index is 1.57. The Morgan fingerprint density at radius 3 is 2.59 bits per heavy atom. The minimum Gasteiger partial charge on any atom is -0.491 e. The fourth-order valence-corrected chi connectivity index (χ4v) is 4.94. The SMILES string of the molecule is CC(C)Oc1ccc(N2C(=S)N[C@@H](c3ccccn3)[C@H]2c2ccc(-c3cc(C(=O)O)ccc3Cl)o2)cc1. The number of furan rings is 1. The number of carbonyl (C=O) groups is 1. The molecule has 1 aliphatic rings. The second kappa shape index (κ2) is 10.2. The van der Waals surface area contributed by atoms with E-state index in [2.05, 4.69) is 10.3 Å². The Labute approximate surface area is 224 Å². The summed E-state index contributed by atoms with van der Waals surface area (Å²) in [5, 5.41) is 13.7. The molecule has 37 heavy (non-hydrogen) atoms. The van der Waals surface area contributed by atoms with Crippen LogP contribution in [0.3, 0.4) is 0 Å². The highest BCUT2D eigenvalue weighted by molar-refractivity contribution is 7.80. The van der Waals surface area contributed by atoms with Crippen LogP contribution in [0.2, 0.25) is 5.02 Å². The Kier molecular flexibility index (Phi) is 6.86. The average molecular weight is 534 g/mol. The van der Waals surface area contributed by atoms with Crippen LogP contribution in [0, 0.1) is 0 Å². The van der Waals surface area contributed by atoms with E-state index >= 15 is 0 Å². The minimum atomic E-state index is -1.04. The third-order valence-corrected chi connectivity index (χ3v) is 6.63. The molecule has 0 unspecified atom stereocenters. The van der Waals surface area contributed by atoms with Crippen molar-refractivity contribution < 1.29 is 19.1 Å². The molecule has 7 nitrogen and oxygen atoms in total. The van der Waals surface area contributed by atoms with Gasteiger partial charge in [0.1, 0.15) is 23.3 Å². The van der Waals surface area contributed by atoms with E-state index in [4.69, 9.17) is 33.0 Å². The molecule has 3 heterocycles. The Morgan fingerprint density at radius 2 is 1.92 bits per heavy atom. The van der Waals surface area contributed by atoms with Gasteiger partial charge in [0.05, 0.1) is 28.4 Å². The van der Waals surface area contributed by atoms with Gasteiger partial charge in [-0.15, -0.1) is 0 Å². The van der Waals surface area contributed by atoms with Crippen LogP contribution < -0.4 is 15.0 Å². The number of hydrogen-bond donors (Lipinski definition) is 2. The van der Waals surface area contributed by atoms with Crippen LogP contribution in [0.4, 0.5) is 5.69 Å². The molecule has 1 fully saturated rings. The summed E-state index contributed by atoms with van der Waals surface area (Å²) >= 11 is 12.2. The van der Waals surface area contributed by atoms with Crippen LogP contribution in [0.15, 0.2) is 83.4 Å². The van der Waals surface area contributed by atoms with Gasteiger partial charge in [-0.05, 0) is 92.8 Å². The maximum Gasteiger partial charge on any atom is 0.335 e. The zero-order valence-electron chi connectivity index (χ0n) is 20.1. The quantitative estimate of drug-likeness (QED) is 0.255. The number of carboxylic acids is 1. The van der Waals surface area contributed by atoms with Crippen LogP contribution in [-0.2, 0) is 0 Å². The molecule has 5 rings (SSSR count). The smallest absolute Gasteiger partial charge is 0.335 e. The molecule has 2 aromatic heterocycles. The second-order valence-corrected chi connectivity index (χ2v) is 9.65. The van der Waals surface area contributed by atoms with E-state index in [1.54, 1.807) is 18.3 Å². The number of aromatic carboxylic acids is 1. The largest absolute Gasteiger partial charge is 0.491 e. The van der Waals surface area contributed by atoms with Gasteiger partial charge in [0.2, 0.25) is 0 Å². The van der Waals surface area contributed by atoms with Gasteiger partial charge in [-0.3, -0.25) is 4.98 Å². The lowest BCUT2D eigenvalue weighted by Crippen LogP contribution is -2.29. The number of pyridine rings is 1. The third-order valence-electron chi connectivity index (χ3n) is 5.98. The van der Waals surface area contributed by atoms with Crippen molar-refractivity contribution in [3.8, 4) is 17.1 Å². The average Bonchev–Trinajstić information content (AvgIpc) is 3.49. The van der Waals surface area contributed by atoms with Crippen molar-refractivity contribution in [2.45, 2.75) is 32.0 Å². The molecule has 0 amide bonds. The standard InChI is InChI=1S/C28H24ClN3O4S/c1-16(2)35-19-9-7-18(8-10-19)32-26(25(31-28(32)37)22-5-3-4-14-30-22)24-13-12-23(36-24)20-15-17(27(33)34)6-11-21(20)29/h3-16,25-26H,1-2H3,(H,31,37)(H,33,34)/t25-,26+/m0/s1. The van der Waals surface area contributed by atoms with E-state index in [0.717, 1.165) is 17.1 Å². The van der Waals surface area contributed by atoms with Crippen molar-refractivity contribution in [3.05, 3.63) is 101 Å². The first-order valence-corrected chi connectivity index (χ1v) is 12.5. The van der Waals surface area contributed by atoms with Crippen molar-refractivity contribution in [3.63, 3.8) is 0 Å². The summed E-state index contributed by atoms with van der Waals surface area (Å²) in [4.78, 5) is 18.1. The van der Waals surface area contributed by atoms with Gasteiger partial charge in [0.25, 0.3) is 0 Å². The van der Waals surface area contributed by atoms with E-state index in [1.165, 1.54) is 12.1 Å². The molecule has 2 atom stereocenters.